The molecule has 2 rings (SSSR count). The maximum atomic E-state index is 5.96. The van der Waals surface area contributed by atoms with Crippen molar-refractivity contribution in [2.24, 2.45) is 5.92 Å². The SMILES string of the molecule is Cc1c(C(C)NCCC(C)C)oc2ccccc12. The van der Waals surface area contributed by atoms with Gasteiger partial charge in [-0.15, -0.1) is 0 Å². The van der Waals surface area contributed by atoms with Gasteiger partial charge in [0.15, 0.2) is 0 Å². The summed E-state index contributed by atoms with van der Waals surface area (Å²) in [5, 5.41) is 4.77. The lowest BCUT2D eigenvalue weighted by Gasteiger charge is -2.13. The molecular formula is C16H23NO. The molecule has 0 aliphatic heterocycles. The molecule has 0 amide bonds. The molecule has 1 atom stereocenters. The first-order valence-corrected chi connectivity index (χ1v) is 6.81. The van der Waals surface area contributed by atoms with E-state index >= 15 is 0 Å². The van der Waals surface area contributed by atoms with Gasteiger partial charge in [-0.3, -0.25) is 0 Å². The fraction of sp³-hybridized carbons (Fsp3) is 0.500. The van der Waals surface area contributed by atoms with E-state index in [9.17, 15) is 0 Å². The van der Waals surface area contributed by atoms with E-state index in [0.29, 0.717) is 0 Å². The third kappa shape index (κ3) is 2.75. The number of hydrogen-bond donors (Lipinski definition) is 1. The molecule has 1 aromatic carbocycles. The van der Waals surface area contributed by atoms with Gasteiger partial charge in [-0.1, -0.05) is 32.0 Å². The number of para-hydroxylation sites is 1. The number of rotatable bonds is 5. The molecule has 1 aromatic heterocycles. The second-order valence-corrected chi connectivity index (χ2v) is 5.45. The molecule has 0 aliphatic rings. The van der Waals surface area contributed by atoms with E-state index in [1.54, 1.807) is 0 Å². The molecule has 0 spiro atoms. The number of fused-ring (bicyclic) bond motifs is 1. The zero-order valence-corrected chi connectivity index (χ0v) is 11.8. The molecule has 18 heavy (non-hydrogen) atoms. The quantitative estimate of drug-likeness (QED) is 0.842. The molecule has 1 N–H and O–H groups in total. The molecule has 0 bridgehead atoms. The predicted molar refractivity (Wildman–Crippen MR) is 76.8 cm³/mol. The lowest BCUT2D eigenvalue weighted by molar-refractivity contribution is 0.429. The van der Waals surface area contributed by atoms with Gasteiger partial charge in [-0.25, -0.2) is 0 Å². The molecular weight excluding hydrogens is 222 g/mol. The Morgan fingerprint density at radius 1 is 1.17 bits per heavy atom. The average molecular weight is 245 g/mol. The van der Waals surface area contributed by atoms with E-state index in [-0.39, 0.29) is 6.04 Å². The first-order valence-electron chi connectivity index (χ1n) is 6.81. The molecule has 2 heteroatoms. The molecule has 0 fully saturated rings. The average Bonchev–Trinajstić information content (AvgIpc) is 2.67. The van der Waals surface area contributed by atoms with Gasteiger partial charge in [0.25, 0.3) is 0 Å². The summed E-state index contributed by atoms with van der Waals surface area (Å²) in [6.45, 7) is 9.85. The fourth-order valence-corrected chi connectivity index (χ4v) is 2.29. The molecule has 2 aromatic rings. The summed E-state index contributed by atoms with van der Waals surface area (Å²) < 4.78 is 5.96. The number of hydrogen-bond acceptors (Lipinski definition) is 2. The van der Waals surface area contributed by atoms with Gasteiger partial charge < -0.3 is 9.73 Å². The van der Waals surface area contributed by atoms with E-state index in [2.05, 4.69) is 45.1 Å². The van der Waals surface area contributed by atoms with Crippen LogP contribution < -0.4 is 5.32 Å². The molecule has 1 unspecified atom stereocenters. The minimum atomic E-state index is 0.274. The first kappa shape index (κ1) is 13.2. The summed E-state index contributed by atoms with van der Waals surface area (Å²) in [6, 6.07) is 8.51. The van der Waals surface area contributed by atoms with Gasteiger partial charge in [0.05, 0.1) is 6.04 Å². The van der Waals surface area contributed by atoms with Crippen molar-refractivity contribution in [3.05, 3.63) is 35.6 Å². The third-order valence-corrected chi connectivity index (χ3v) is 3.45. The predicted octanol–water partition coefficient (Wildman–Crippen LogP) is 4.44. The zero-order valence-electron chi connectivity index (χ0n) is 11.8. The zero-order chi connectivity index (χ0) is 13.1. The van der Waals surface area contributed by atoms with Gasteiger partial charge in [-0.05, 0) is 44.4 Å². The monoisotopic (exact) mass is 245 g/mol. The van der Waals surface area contributed by atoms with Crippen LogP contribution in [0.3, 0.4) is 0 Å². The Hall–Kier alpha value is -1.28. The summed E-state index contributed by atoms with van der Waals surface area (Å²) in [5.74, 6) is 1.81. The second-order valence-electron chi connectivity index (χ2n) is 5.45. The normalized spacial score (nSPS) is 13.4. The second kappa shape index (κ2) is 5.57. The molecule has 0 saturated heterocycles. The summed E-state index contributed by atoms with van der Waals surface area (Å²) in [7, 11) is 0. The topological polar surface area (TPSA) is 25.2 Å². The van der Waals surface area contributed by atoms with Crippen molar-refractivity contribution in [1.82, 2.24) is 5.32 Å². The number of furan rings is 1. The van der Waals surface area contributed by atoms with Crippen molar-refractivity contribution in [2.75, 3.05) is 6.54 Å². The Balaban J connectivity index is 2.12. The highest BCUT2D eigenvalue weighted by Gasteiger charge is 2.15. The maximum absolute atomic E-state index is 5.96. The molecule has 2 nitrogen and oxygen atoms in total. The highest BCUT2D eigenvalue weighted by atomic mass is 16.3. The van der Waals surface area contributed by atoms with Gasteiger partial charge in [0.1, 0.15) is 11.3 Å². The van der Waals surface area contributed by atoms with Crippen LogP contribution in [0.4, 0.5) is 0 Å². The summed E-state index contributed by atoms with van der Waals surface area (Å²) >= 11 is 0. The fourth-order valence-electron chi connectivity index (χ4n) is 2.29. The highest BCUT2D eigenvalue weighted by Crippen LogP contribution is 2.29. The van der Waals surface area contributed by atoms with Crippen molar-refractivity contribution in [2.45, 2.75) is 40.2 Å². The minimum absolute atomic E-state index is 0.274. The molecule has 0 radical (unpaired) electrons. The standard InChI is InChI=1S/C16H23NO/c1-11(2)9-10-17-13(4)16-12(3)14-7-5-6-8-15(14)18-16/h5-8,11,13,17H,9-10H2,1-4H3. The number of nitrogens with one attached hydrogen (secondary N) is 1. The lowest BCUT2D eigenvalue weighted by atomic mass is 10.1. The van der Waals surface area contributed by atoms with E-state index in [1.807, 2.05) is 12.1 Å². The Kier molecular flexibility index (Phi) is 4.07. The van der Waals surface area contributed by atoms with E-state index in [1.165, 1.54) is 17.4 Å². The van der Waals surface area contributed by atoms with Crippen molar-refractivity contribution in [1.29, 1.82) is 0 Å². The van der Waals surface area contributed by atoms with Crippen LogP contribution in [-0.2, 0) is 0 Å². The van der Waals surface area contributed by atoms with Gasteiger partial charge >= 0.3 is 0 Å². The summed E-state index contributed by atoms with van der Waals surface area (Å²) in [6.07, 6.45) is 1.20. The smallest absolute Gasteiger partial charge is 0.134 e. The Bertz CT molecular complexity index is 513. The number of benzene rings is 1. The van der Waals surface area contributed by atoms with Crippen LogP contribution in [-0.4, -0.2) is 6.54 Å². The van der Waals surface area contributed by atoms with E-state index in [4.69, 9.17) is 4.42 Å². The van der Waals surface area contributed by atoms with Crippen LogP contribution in [0.1, 0.15) is 44.6 Å². The van der Waals surface area contributed by atoms with E-state index in [0.717, 1.165) is 23.8 Å². The van der Waals surface area contributed by atoms with Crippen LogP contribution in [0.25, 0.3) is 11.0 Å². The first-order chi connectivity index (χ1) is 8.59. The molecule has 1 heterocycles. The minimum Gasteiger partial charge on any atom is -0.459 e. The van der Waals surface area contributed by atoms with Gasteiger partial charge in [0, 0.05) is 5.39 Å². The molecule has 0 saturated carbocycles. The van der Waals surface area contributed by atoms with E-state index < -0.39 is 0 Å². The number of aryl methyl sites for hydroxylation is 1. The van der Waals surface area contributed by atoms with Crippen molar-refractivity contribution in [3.63, 3.8) is 0 Å². The lowest BCUT2D eigenvalue weighted by Crippen LogP contribution is -2.21. The van der Waals surface area contributed by atoms with Gasteiger partial charge in [-0.2, -0.15) is 0 Å². The van der Waals surface area contributed by atoms with Gasteiger partial charge in [0.2, 0.25) is 0 Å². The Morgan fingerprint density at radius 2 is 1.89 bits per heavy atom. The molecule has 98 valence electrons. The van der Waals surface area contributed by atoms with Crippen LogP contribution in [0.2, 0.25) is 0 Å². The largest absolute Gasteiger partial charge is 0.459 e. The Labute approximate surface area is 109 Å². The van der Waals surface area contributed by atoms with Crippen molar-refractivity contribution >= 4 is 11.0 Å². The van der Waals surface area contributed by atoms with Crippen LogP contribution in [0.15, 0.2) is 28.7 Å². The summed E-state index contributed by atoms with van der Waals surface area (Å²) in [4.78, 5) is 0. The highest BCUT2D eigenvalue weighted by molar-refractivity contribution is 5.82. The Morgan fingerprint density at radius 3 is 2.56 bits per heavy atom. The van der Waals surface area contributed by atoms with Crippen LogP contribution in [0, 0.1) is 12.8 Å². The van der Waals surface area contributed by atoms with Crippen LogP contribution in [0.5, 0.6) is 0 Å². The van der Waals surface area contributed by atoms with Crippen LogP contribution >= 0.6 is 0 Å². The van der Waals surface area contributed by atoms with Crippen molar-refractivity contribution in [3.8, 4) is 0 Å². The summed E-state index contributed by atoms with van der Waals surface area (Å²) in [5.41, 5.74) is 2.25. The van der Waals surface area contributed by atoms with Crippen molar-refractivity contribution < 1.29 is 4.42 Å². The molecule has 0 aliphatic carbocycles. The third-order valence-electron chi connectivity index (χ3n) is 3.45. The maximum Gasteiger partial charge on any atom is 0.134 e.